The van der Waals surface area contributed by atoms with E-state index in [-0.39, 0.29) is 6.04 Å². The number of hydrogen-bond acceptors (Lipinski definition) is 4. The summed E-state index contributed by atoms with van der Waals surface area (Å²) in [6.45, 7) is 6.25. The van der Waals surface area contributed by atoms with Gasteiger partial charge >= 0.3 is 0 Å². The van der Waals surface area contributed by atoms with Gasteiger partial charge in [0.15, 0.2) is 0 Å². The second-order valence-electron chi connectivity index (χ2n) is 6.22. The number of para-hydroxylation sites is 1. The number of hydrogen-bond donors (Lipinski definition) is 3. The lowest BCUT2D eigenvalue weighted by molar-refractivity contribution is 0.295. The number of benzene rings is 1. The highest BCUT2D eigenvalue weighted by Crippen LogP contribution is 2.34. The molecule has 2 rings (SSSR count). The molecule has 0 aliphatic carbocycles. The van der Waals surface area contributed by atoms with Gasteiger partial charge in [0.2, 0.25) is 0 Å². The lowest BCUT2D eigenvalue weighted by atomic mass is 9.89. The van der Waals surface area contributed by atoms with E-state index >= 15 is 0 Å². The summed E-state index contributed by atoms with van der Waals surface area (Å²) in [6.07, 6.45) is 4.94. The highest BCUT2D eigenvalue weighted by molar-refractivity contribution is 5.37. The first-order valence-electron chi connectivity index (χ1n) is 8.65. The summed E-state index contributed by atoms with van der Waals surface area (Å²) in [5.74, 6) is 1.53. The predicted molar refractivity (Wildman–Crippen MR) is 92.0 cm³/mol. The molecule has 0 aromatic heterocycles. The Labute approximate surface area is 135 Å². The quantitative estimate of drug-likeness (QED) is 0.614. The summed E-state index contributed by atoms with van der Waals surface area (Å²) in [4.78, 5) is 0. The predicted octanol–water partition coefficient (Wildman–Crippen LogP) is 3.02. The fraction of sp³-hybridized carbons (Fsp3) is 0.667. The Morgan fingerprint density at radius 2 is 1.95 bits per heavy atom. The molecule has 1 saturated heterocycles. The van der Waals surface area contributed by atoms with Crippen LogP contribution in [0, 0.1) is 5.92 Å². The molecule has 1 fully saturated rings. The molecule has 0 bridgehead atoms. The van der Waals surface area contributed by atoms with Crippen LogP contribution in [0.15, 0.2) is 24.3 Å². The maximum Gasteiger partial charge on any atom is 0.124 e. The van der Waals surface area contributed by atoms with Crippen LogP contribution in [0.2, 0.25) is 0 Å². The monoisotopic (exact) mass is 305 g/mol. The van der Waals surface area contributed by atoms with Gasteiger partial charge in [0.05, 0.1) is 12.6 Å². The fourth-order valence-corrected chi connectivity index (χ4v) is 3.14. The molecule has 0 spiro atoms. The number of hydrazine groups is 1. The minimum Gasteiger partial charge on any atom is -0.493 e. The van der Waals surface area contributed by atoms with Gasteiger partial charge in [-0.1, -0.05) is 44.4 Å². The molecular weight excluding hydrogens is 274 g/mol. The third-order valence-corrected chi connectivity index (χ3v) is 4.49. The molecule has 1 heterocycles. The van der Waals surface area contributed by atoms with E-state index in [2.05, 4.69) is 54.3 Å². The molecular formula is C18H31N3O. The molecule has 3 unspecified atom stereocenters. The molecule has 1 aromatic carbocycles. The number of nitrogens with one attached hydrogen (secondary N) is 3. The topological polar surface area (TPSA) is 45.3 Å². The summed E-state index contributed by atoms with van der Waals surface area (Å²) in [6, 6.07) is 9.16. The van der Waals surface area contributed by atoms with E-state index in [0.29, 0.717) is 12.0 Å². The SMILES string of the molecule is CCCCCCOc1ccccc1C1NNC(C)C1CNC. The molecule has 4 nitrogen and oxygen atoms in total. The van der Waals surface area contributed by atoms with Crippen molar-refractivity contribution in [2.75, 3.05) is 20.2 Å². The van der Waals surface area contributed by atoms with Crippen LogP contribution in [0.1, 0.15) is 51.1 Å². The smallest absolute Gasteiger partial charge is 0.124 e. The first kappa shape index (κ1) is 17.3. The zero-order chi connectivity index (χ0) is 15.8. The average Bonchev–Trinajstić information content (AvgIpc) is 2.89. The van der Waals surface area contributed by atoms with E-state index in [1.807, 2.05) is 7.05 Å². The molecule has 1 aliphatic rings. The Hall–Kier alpha value is -1.10. The van der Waals surface area contributed by atoms with Crippen molar-refractivity contribution >= 4 is 0 Å². The maximum atomic E-state index is 6.07. The standard InChI is InChI=1S/C18H31N3O/c1-4-5-6-9-12-22-17-11-8-7-10-15(17)18-16(13-19-3)14(2)20-21-18/h7-8,10-11,14,16,18-21H,4-6,9,12-13H2,1-3H3. The third kappa shape index (κ3) is 4.45. The van der Waals surface area contributed by atoms with Crippen molar-refractivity contribution in [3.8, 4) is 5.75 Å². The van der Waals surface area contributed by atoms with Crippen LogP contribution in [0.3, 0.4) is 0 Å². The van der Waals surface area contributed by atoms with Crippen LogP contribution in [-0.2, 0) is 0 Å². The summed E-state index contributed by atoms with van der Waals surface area (Å²) >= 11 is 0. The average molecular weight is 305 g/mol. The molecule has 124 valence electrons. The Kier molecular flexibility index (Phi) is 7.16. The van der Waals surface area contributed by atoms with Gasteiger partial charge < -0.3 is 10.1 Å². The Morgan fingerprint density at radius 1 is 1.14 bits per heavy atom. The van der Waals surface area contributed by atoms with Gasteiger partial charge in [-0.15, -0.1) is 0 Å². The molecule has 3 atom stereocenters. The lowest BCUT2D eigenvalue weighted by Crippen LogP contribution is -2.31. The molecule has 0 saturated carbocycles. The van der Waals surface area contributed by atoms with Gasteiger partial charge in [0.25, 0.3) is 0 Å². The summed E-state index contributed by atoms with van der Waals surface area (Å²) in [5, 5.41) is 3.30. The zero-order valence-electron chi connectivity index (χ0n) is 14.2. The number of ether oxygens (including phenoxy) is 1. The zero-order valence-corrected chi connectivity index (χ0v) is 14.2. The van der Waals surface area contributed by atoms with Gasteiger partial charge in [0, 0.05) is 24.1 Å². The Morgan fingerprint density at radius 3 is 2.73 bits per heavy atom. The van der Waals surface area contributed by atoms with Crippen LogP contribution in [0.25, 0.3) is 0 Å². The van der Waals surface area contributed by atoms with Crippen LogP contribution >= 0.6 is 0 Å². The molecule has 1 aromatic rings. The number of rotatable bonds is 9. The van der Waals surface area contributed by atoms with Crippen LogP contribution < -0.4 is 20.9 Å². The van der Waals surface area contributed by atoms with Crippen molar-refractivity contribution in [2.24, 2.45) is 5.92 Å². The molecule has 0 amide bonds. The van der Waals surface area contributed by atoms with Gasteiger partial charge in [0.1, 0.15) is 5.75 Å². The number of unbranched alkanes of at least 4 members (excludes halogenated alkanes) is 3. The first-order chi connectivity index (χ1) is 10.8. The molecule has 4 heteroatoms. The van der Waals surface area contributed by atoms with Crippen molar-refractivity contribution in [3.05, 3.63) is 29.8 Å². The first-order valence-corrected chi connectivity index (χ1v) is 8.65. The van der Waals surface area contributed by atoms with Crippen molar-refractivity contribution in [1.82, 2.24) is 16.2 Å². The molecule has 1 aliphatic heterocycles. The van der Waals surface area contributed by atoms with Gasteiger partial charge in [-0.3, -0.25) is 5.43 Å². The van der Waals surface area contributed by atoms with E-state index in [9.17, 15) is 0 Å². The van der Waals surface area contributed by atoms with Crippen LogP contribution in [0.5, 0.6) is 5.75 Å². The van der Waals surface area contributed by atoms with Crippen molar-refractivity contribution in [2.45, 2.75) is 51.6 Å². The minimum absolute atomic E-state index is 0.286. The second kappa shape index (κ2) is 9.13. The van der Waals surface area contributed by atoms with Crippen molar-refractivity contribution in [1.29, 1.82) is 0 Å². The van der Waals surface area contributed by atoms with Gasteiger partial charge in [-0.25, -0.2) is 5.43 Å². The molecule has 0 radical (unpaired) electrons. The van der Waals surface area contributed by atoms with E-state index < -0.39 is 0 Å². The second-order valence-corrected chi connectivity index (χ2v) is 6.22. The van der Waals surface area contributed by atoms with Crippen LogP contribution in [0.4, 0.5) is 0 Å². The highest BCUT2D eigenvalue weighted by Gasteiger charge is 2.34. The normalized spacial score (nSPS) is 24.6. The molecule has 3 N–H and O–H groups in total. The van der Waals surface area contributed by atoms with E-state index in [1.165, 1.54) is 24.8 Å². The van der Waals surface area contributed by atoms with Gasteiger partial charge in [-0.05, 0) is 26.5 Å². The van der Waals surface area contributed by atoms with Crippen LogP contribution in [-0.4, -0.2) is 26.2 Å². The van der Waals surface area contributed by atoms with E-state index in [1.54, 1.807) is 0 Å². The Bertz CT molecular complexity index is 438. The largest absolute Gasteiger partial charge is 0.493 e. The van der Waals surface area contributed by atoms with Gasteiger partial charge in [-0.2, -0.15) is 0 Å². The highest BCUT2D eigenvalue weighted by atomic mass is 16.5. The molecule has 22 heavy (non-hydrogen) atoms. The van der Waals surface area contributed by atoms with E-state index in [4.69, 9.17) is 4.74 Å². The summed E-state index contributed by atoms with van der Waals surface area (Å²) in [5.41, 5.74) is 8.07. The maximum absolute atomic E-state index is 6.07. The fourth-order valence-electron chi connectivity index (χ4n) is 3.14. The third-order valence-electron chi connectivity index (χ3n) is 4.49. The van der Waals surface area contributed by atoms with E-state index in [0.717, 1.165) is 25.3 Å². The summed E-state index contributed by atoms with van der Waals surface area (Å²) in [7, 11) is 2.01. The Balaban J connectivity index is 2.01. The lowest BCUT2D eigenvalue weighted by Gasteiger charge is -2.23. The summed E-state index contributed by atoms with van der Waals surface area (Å²) < 4.78 is 6.07. The van der Waals surface area contributed by atoms with Crippen molar-refractivity contribution in [3.63, 3.8) is 0 Å². The minimum atomic E-state index is 0.286. The van der Waals surface area contributed by atoms with Crippen molar-refractivity contribution < 1.29 is 4.74 Å².